The number of carbonyl (C=O) groups is 1. The van der Waals surface area contributed by atoms with Crippen LogP contribution in [0.15, 0.2) is 23.4 Å². The highest BCUT2D eigenvalue weighted by Gasteiger charge is 2.21. The molecular weight excluding hydrogens is 224 g/mol. The SMILES string of the molecule is CC(Sc1ncccc1N)C(C)C(=O)NN. The van der Waals surface area contributed by atoms with Crippen molar-refractivity contribution < 1.29 is 4.79 Å². The molecule has 16 heavy (non-hydrogen) atoms. The molecule has 1 aromatic heterocycles. The Kier molecular flexibility index (Phi) is 4.57. The summed E-state index contributed by atoms with van der Waals surface area (Å²) in [4.78, 5) is 15.5. The van der Waals surface area contributed by atoms with Gasteiger partial charge in [0.05, 0.1) is 5.69 Å². The number of nitrogens with one attached hydrogen (secondary N) is 1. The third kappa shape index (κ3) is 3.11. The van der Waals surface area contributed by atoms with Gasteiger partial charge in [-0.3, -0.25) is 10.2 Å². The molecule has 0 bridgehead atoms. The molecule has 1 aromatic rings. The summed E-state index contributed by atoms with van der Waals surface area (Å²) in [5, 5.41) is 0.799. The third-order valence-electron chi connectivity index (χ3n) is 2.36. The molecule has 1 rings (SSSR count). The second-order valence-electron chi connectivity index (χ2n) is 3.52. The van der Waals surface area contributed by atoms with Crippen molar-refractivity contribution >= 4 is 23.4 Å². The summed E-state index contributed by atoms with van der Waals surface area (Å²) in [6.45, 7) is 3.76. The van der Waals surface area contributed by atoms with Crippen molar-refractivity contribution in [2.24, 2.45) is 11.8 Å². The Labute approximate surface area is 99.0 Å². The Morgan fingerprint density at radius 2 is 2.25 bits per heavy atom. The number of hydrazine groups is 1. The van der Waals surface area contributed by atoms with Crippen LogP contribution in [0.4, 0.5) is 5.69 Å². The number of hydrogen-bond donors (Lipinski definition) is 3. The van der Waals surface area contributed by atoms with Gasteiger partial charge in [-0.2, -0.15) is 0 Å². The van der Waals surface area contributed by atoms with Crippen molar-refractivity contribution in [3.05, 3.63) is 18.3 Å². The molecule has 1 heterocycles. The molecule has 2 unspecified atom stereocenters. The van der Waals surface area contributed by atoms with E-state index in [0.29, 0.717) is 5.69 Å². The maximum atomic E-state index is 11.3. The third-order valence-corrected chi connectivity index (χ3v) is 3.70. The molecule has 0 aliphatic carbocycles. The van der Waals surface area contributed by atoms with Crippen molar-refractivity contribution in [1.82, 2.24) is 10.4 Å². The number of rotatable bonds is 4. The van der Waals surface area contributed by atoms with E-state index in [-0.39, 0.29) is 17.1 Å². The molecule has 5 nitrogen and oxygen atoms in total. The van der Waals surface area contributed by atoms with Crippen molar-refractivity contribution in [2.45, 2.75) is 24.1 Å². The molecule has 0 radical (unpaired) electrons. The number of carbonyl (C=O) groups excluding carboxylic acids is 1. The Morgan fingerprint density at radius 3 is 2.81 bits per heavy atom. The highest BCUT2D eigenvalue weighted by molar-refractivity contribution is 8.00. The molecule has 0 saturated heterocycles. The minimum Gasteiger partial charge on any atom is -0.397 e. The maximum absolute atomic E-state index is 11.3. The van der Waals surface area contributed by atoms with Gasteiger partial charge >= 0.3 is 0 Å². The van der Waals surface area contributed by atoms with Crippen LogP contribution in [0.25, 0.3) is 0 Å². The largest absolute Gasteiger partial charge is 0.397 e. The number of nitrogen functional groups attached to an aromatic ring is 1. The highest BCUT2D eigenvalue weighted by atomic mass is 32.2. The van der Waals surface area contributed by atoms with Crippen LogP contribution in [0.5, 0.6) is 0 Å². The molecule has 6 heteroatoms. The molecule has 0 aliphatic rings. The van der Waals surface area contributed by atoms with Crippen LogP contribution in [0, 0.1) is 5.92 Å². The van der Waals surface area contributed by atoms with Gasteiger partial charge in [-0.05, 0) is 12.1 Å². The van der Waals surface area contributed by atoms with E-state index in [0.717, 1.165) is 5.03 Å². The fourth-order valence-corrected chi connectivity index (χ4v) is 2.13. The van der Waals surface area contributed by atoms with Crippen molar-refractivity contribution in [3.63, 3.8) is 0 Å². The van der Waals surface area contributed by atoms with Crippen LogP contribution in [0.2, 0.25) is 0 Å². The summed E-state index contributed by atoms with van der Waals surface area (Å²) in [6, 6.07) is 3.57. The maximum Gasteiger partial charge on any atom is 0.237 e. The zero-order chi connectivity index (χ0) is 12.1. The summed E-state index contributed by atoms with van der Waals surface area (Å²) in [7, 11) is 0. The first-order chi connectivity index (χ1) is 7.56. The molecule has 88 valence electrons. The summed E-state index contributed by atoms with van der Waals surface area (Å²) < 4.78 is 0. The summed E-state index contributed by atoms with van der Waals surface area (Å²) >= 11 is 1.47. The summed E-state index contributed by atoms with van der Waals surface area (Å²) in [6.07, 6.45) is 1.68. The predicted molar refractivity (Wildman–Crippen MR) is 65.5 cm³/mol. The van der Waals surface area contributed by atoms with Gasteiger partial charge in [0.2, 0.25) is 5.91 Å². The van der Waals surface area contributed by atoms with Gasteiger partial charge in [-0.15, -0.1) is 11.8 Å². The Hall–Kier alpha value is -1.27. The van der Waals surface area contributed by atoms with Crippen molar-refractivity contribution in [2.75, 3.05) is 5.73 Å². The number of amides is 1. The molecule has 0 fully saturated rings. The number of hydrogen-bond acceptors (Lipinski definition) is 5. The average molecular weight is 240 g/mol. The monoisotopic (exact) mass is 240 g/mol. The zero-order valence-electron chi connectivity index (χ0n) is 9.31. The minimum atomic E-state index is -0.198. The molecule has 5 N–H and O–H groups in total. The summed E-state index contributed by atoms with van der Waals surface area (Å²) in [5.74, 6) is 4.70. The van der Waals surface area contributed by atoms with Crippen LogP contribution in [-0.2, 0) is 4.79 Å². The van der Waals surface area contributed by atoms with E-state index in [1.54, 1.807) is 18.3 Å². The summed E-state index contributed by atoms with van der Waals surface area (Å²) in [5.41, 5.74) is 8.54. The van der Waals surface area contributed by atoms with Gasteiger partial charge in [0.15, 0.2) is 0 Å². The number of anilines is 1. The highest BCUT2D eigenvalue weighted by Crippen LogP contribution is 2.29. The average Bonchev–Trinajstić information content (AvgIpc) is 2.30. The molecule has 2 atom stereocenters. The van der Waals surface area contributed by atoms with E-state index < -0.39 is 0 Å². The second kappa shape index (κ2) is 5.72. The van der Waals surface area contributed by atoms with Gasteiger partial charge in [-0.25, -0.2) is 10.8 Å². The number of nitrogens with zero attached hydrogens (tertiary/aromatic N) is 1. The van der Waals surface area contributed by atoms with E-state index in [1.807, 2.05) is 13.8 Å². The van der Waals surface area contributed by atoms with Crippen LogP contribution in [0.3, 0.4) is 0 Å². The van der Waals surface area contributed by atoms with Gasteiger partial charge in [0.25, 0.3) is 0 Å². The van der Waals surface area contributed by atoms with Gasteiger partial charge < -0.3 is 5.73 Å². The lowest BCUT2D eigenvalue weighted by Gasteiger charge is -2.17. The normalized spacial score (nSPS) is 14.2. The number of nitrogens with two attached hydrogens (primary N) is 2. The Balaban J connectivity index is 2.68. The fraction of sp³-hybridized carbons (Fsp3) is 0.400. The number of thioether (sulfide) groups is 1. The van der Waals surface area contributed by atoms with E-state index in [9.17, 15) is 4.79 Å². The number of pyridine rings is 1. The van der Waals surface area contributed by atoms with Gasteiger partial charge in [0.1, 0.15) is 5.03 Å². The molecular formula is C10H16N4OS. The molecule has 1 amide bonds. The van der Waals surface area contributed by atoms with Crippen molar-refractivity contribution in [3.8, 4) is 0 Å². The lowest BCUT2D eigenvalue weighted by Crippen LogP contribution is -2.38. The lowest BCUT2D eigenvalue weighted by atomic mass is 10.1. The van der Waals surface area contributed by atoms with Crippen LogP contribution in [0.1, 0.15) is 13.8 Å². The standard InChI is InChI=1S/C10H16N4OS/c1-6(9(15)14-12)7(2)16-10-8(11)4-3-5-13-10/h3-7H,11-12H2,1-2H3,(H,14,15). The van der Waals surface area contributed by atoms with Gasteiger partial charge in [0, 0.05) is 17.4 Å². The first-order valence-electron chi connectivity index (χ1n) is 4.94. The Morgan fingerprint density at radius 1 is 1.56 bits per heavy atom. The van der Waals surface area contributed by atoms with Crippen molar-refractivity contribution in [1.29, 1.82) is 0 Å². The quantitative estimate of drug-likeness (QED) is 0.313. The minimum absolute atomic E-state index is 0.0562. The Bertz CT molecular complexity index is 372. The first-order valence-corrected chi connectivity index (χ1v) is 5.81. The first kappa shape index (κ1) is 12.8. The van der Waals surface area contributed by atoms with E-state index in [1.165, 1.54) is 11.8 Å². The fourth-order valence-electron chi connectivity index (χ4n) is 1.12. The predicted octanol–water partition coefficient (Wildman–Crippen LogP) is 0.770. The zero-order valence-corrected chi connectivity index (χ0v) is 10.1. The molecule has 0 saturated carbocycles. The lowest BCUT2D eigenvalue weighted by molar-refractivity contribution is -0.124. The van der Waals surface area contributed by atoms with E-state index in [4.69, 9.17) is 11.6 Å². The van der Waals surface area contributed by atoms with E-state index in [2.05, 4.69) is 10.4 Å². The second-order valence-corrected chi connectivity index (χ2v) is 4.88. The smallest absolute Gasteiger partial charge is 0.237 e. The molecule has 0 spiro atoms. The molecule has 0 aromatic carbocycles. The van der Waals surface area contributed by atoms with Crippen LogP contribution >= 0.6 is 11.8 Å². The van der Waals surface area contributed by atoms with Gasteiger partial charge in [-0.1, -0.05) is 13.8 Å². The molecule has 0 aliphatic heterocycles. The van der Waals surface area contributed by atoms with E-state index >= 15 is 0 Å². The van der Waals surface area contributed by atoms with Crippen LogP contribution < -0.4 is 17.0 Å². The van der Waals surface area contributed by atoms with Crippen LogP contribution in [-0.4, -0.2) is 16.1 Å². The topological polar surface area (TPSA) is 94.0 Å². The number of aromatic nitrogens is 1.